The molecule has 0 amide bonds. The second-order valence-electron chi connectivity index (χ2n) is 2.14. The third kappa shape index (κ3) is 2.74. The maximum atomic E-state index is 9.17. The molecule has 0 atom stereocenters. The fraction of sp³-hybridized carbons (Fsp3) is 0.333. The van der Waals surface area contributed by atoms with Crippen LogP contribution >= 0.6 is 15.9 Å². The van der Waals surface area contributed by atoms with E-state index in [-0.39, 0.29) is 5.75 Å². The summed E-state index contributed by atoms with van der Waals surface area (Å²) in [6, 6.07) is 3.38. The van der Waals surface area contributed by atoms with Gasteiger partial charge < -0.3 is 10.8 Å². The van der Waals surface area contributed by atoms with Crippen LogP contribution in [0.1, 0.15) is 19.4 Å². The van der Waals surface area contributed by atoms with E-state index in [4.69, 9.17) is 5.73 Å². The molecule has 68 valence electrons. The maximum absolute atomic E-state index is 9.17. The standard InChI is InChI=1S/C7H8BrNO.C2H6/c1-4-6(9)2-5(8)3-7(4)10;1-2/h2-3,10H,9H2,1H3;1-2H3. The van der Waals surface area contributed by atoms with Crippen molar-refractivity contribution in [2.75, 3.05) is 5.73 Å². The second kappa shape index (κ2) is 5.04. The summed E-state index contributed by atoms with van der Waals surface area (Å²) in [5.41, 5.74) is 6.86. The van der Waals surface area contributed by atoms with E-state index in [0.29, 0.717) is 5.69 Å². The molecule has 0 spiro atoms. The van der Waals surface area contributed by atoms with E-state index >= 15 is 0 Å². The van der Waals surface area contributed by atoms with Gasteiger partial charge in [0.05, 0.1) is 0 Å². The van der Waals surface area contributed by atoms with Crippen molar-refractivity contribution in [2.45, 2.75) is 20.8 Å². The summed E-state index contributed by atoms with van der Waals surface area (Å²) in [4.78, 5) is 0. The molecule has 1 aromatic carbocycles. The molecule has 3 N–H and O–H groups in total. The molecular weight excluding hydrogens is 218 g/mol. The molecule has 0 aliphatic rings. The van der Waals surface area contributed by atoms with Gasteiger partial charge in [0.15, 0.2) is 0 Å². The van der Waals surface area contributed by atoms with Crippen LogP contribution in [0, 0.1) is 6.92 Å². The van der Waals surface area contributed by atoms with E-state index in [1.165, 1.54) is 0 Å². The predicted octanol–water partition coefficient (Wildman–Crippen LogP) is 3.07. The Balaban J connectivity index is 0.000000561. The summed E-state index contributed by atoms with van der Waals surface area (Å²) in [5.74, 6) is 0.229. The van der Waals surface area contributed by atoms with Crippen molar-refractivity contribution in [3.8, 4) is 5.75 Å². The Hall–Kier alpha value is -0.700. The highest BCUT2D eigenvalue weighted by Gasteiger charge is 2.00. The average Bonchev–Trinajstić information content (AvgIpc) is 2.04. The molecule has 0 heterocycles. The van der Waals surface area contributed by atoms with Crippen LogP contribution in [0.4, 0.5) is 5.69 Å². The highest BCUT2D eigenvalue weighted by atomic mass is 79.9. The molecule has 0 saturated heterocycles. The number of phenols is 1. The van der Waals surface area contributed by atoms with Gasteiger partial charge in [0.25, 0.3) is 0 Å². The van der Waals surface area contributed by atoms with Gasteiger partial charge in [-0.25, -0.2) is 0 Å². The van der Waals surface area contributed by atoms with E-state index in [2.05, 4.69) is 15.9 Å². The largest absolute Gasteiger partial charge is 0.508 e. The van der Waals surface area contributed by atoms with Gasteiger partial charge in [0, 0.05) is 15.7 Å². The van der Waals surface area contributed by atoms with Crippen LogP contribution in [0.15, 0.2) is 16.6 Å². The summed E-state index contributed by atoms with van der Waals surface area (Å²) >= 11 is 3.21. The first kappa shape index (κ1) is 11.3. The molecule has 0 unspecified atom stereocenters. The molecule has 12 heavy (non-hydrogen) atoms. The number of aromatic hydroxyl groups is 1. The number of hydrogen-bond acceptors (Lipinski definition) is 2. The molecule has 0 radical (unpaired) electrons. The molecule has 0 saturated carbocycles. The number of nitrogen functional groups attached to an aromatic ring is 1. The quantitative estimate of drug-likeness (QED) is 0.675. The van der Waals surface area contributed by atoms with Crippen LogP contribution < -0.4 is 5.73 Å². The van der Waals surface area contributed by atoms with Gasteiger partial charge in [0.2, 0.25) is 0 Å². The Kier molecular flexibility index (Phi) is 4.74. The third-order valence-electron chi connectivity index (χ3n) is 1.39. The summed E-state index contributed by atoms with van der Waals surface area (Å²) in [6.07, 6.45) is 0. The molecular formula is C9H14BrNO. The van der Waals surface area contributed by atoms with Gasteiger partial charge in [-0.1, -0.05) is 29.8 Å². The molecule has 0 aliphatic carbocycles. The average molecular weight is 232 g/mol. The Morgan fingerprint density at radius 1 is 1.33 bits per heavy atom. The zero-order valence-electron chi connectivity index (χ0n) is 7.56. The number of nitrogens with two attached hydrogens (primary N) is 1. The van der Waals surface area contributed by atoms with E-state index in [1.807, 2.05) is 13.8 Å². The predicted molar refractivity (Wildman–Crippen MR) is 56.3 cm³/mol. The third-order valence-corrected chi connectivity index (χ3v) is 1.84. The minimum absolute atomic E-state index is 0.229. The lowest BCUT2D eigenvalue weighted by atomic mass is 10.2. The lowest BCUT2D eigenvalue weighted by molar-refractivity contribution is 0.471. The van der Waals surface area contributed by atoms with Crippen molar-refractivity contribution >= 4 is 21.6 Å². The monoisotopic (exact) mass is 231 g/mol. The van der Waals surface area contributed by atoms with Crippen molar-refractivity contribution in [3.63, 3.8) is 0 Å². The number of benzene rings is 1. The highest BCUT2D eigenvalue weighted by Crippen LogP contribution is 2.26. The van der Waals surface area contributed by atoms with Gasteiger partial charge in [-0.05, 0) is 19.1 Å². The molecule has 0 aromatic heterocycles. The van der Waals surface area contributed by atoms with E-state index in [1.54, 1.807) is 19.1 Å². The molecule has 1 rings (SSSR count). The Morgan fingerprint density at radius 2 is 1.83 bits per heavy atom. The van der Waals surface area contributed by atoms with Crippen LogP contribution in [0.5, 0.6) is 5.75 Å². The van der Waals surface area contributed by atoms with Gasteiger partial charge in [-0.2, -0.15) is 0 Å². The first-order valence-electron chi connectivity index (χ1n) is 3.86. The van der Waals surface area contributed by atoms with Crippen molar-refractivity contribution in [3.05, 3.63) is 22.2 Å². The van der Waals surface area contributed by atoms with E-state index in [0.717, 1.165) is 10.0 Å². The topological polar surface area (TPSA) is 46.2 Å². The van der Waals surface area contributed by atoms with Crippen LogP contribution in [0.2, 0.25) is 0 Å². The smallest absolute Gasteiger partial charge is 0.121 e. The number of rotatable bonds is 0. The lowest BCUT2D eigenvalue weighted by Crippen LogP contribution is -1.88. The zero-order chi connectivity index (χ0) is 9.72. The summed E-state index contributed by atoms with van der Waals surface area (Å²) in [5, 5.41) is 9.17. The fourth-order valence-electron chi connectivity index (χ4n) is 0.685. The van der Waals surface area contributed by atoms with E-state index < -0.39 is 0 Å². The molecule has 0 aliphatic heterocycles. The first-order chi connectivity index (χ1) is 5.61. The van der Waals surface area contributed by atoms with Crippen LogP contribution in [0.25, 0.3) is 0 Å². The number of anilines is 1. The summed E-state index contributed by atoms with van der Waals surface area (Å²) < 4.78 is 0.799. The molecule has 0 bridgehead atoms. The van der Waals surface area contributed by atoms with E-state index in [9.17, 15) is 5.11 Å². The molecule has 0 fully saturated rings. The number of phenolic OH excluding ortho intramolecular Hbond substituents is 1. The maximum Gasteiger partial charge on any atom is 0.121 e. The second-order valence-corrected chi connectivity index (χ2v) is 3.05. The molecule has 2 nitrogen and oxygen atoms in total. The van der Waals surface area contributed by atoms with Crippen molar-refractivity contribution < 1.29 is 5.11 Å². The summed E-state index contributed by atoms with van der Waals surface area (Å²) in [6.45, 7) is 5.77. The van der Waals surface area contributed by atoms with Crippen molar-refractivity contribution in [2.24, 2.45) is 0 Å². The van der Waals surface area contributed by atoms with Crippen molar-refractivity contribution in [1.29, 1.82) is 0 Å². The minimum atomic E-state index is 0.229. The summed E-state index contributed by atoms with van der Waals surface area (Å²) in [7, 11) is 0. The Bertz CT molecular complexity index is 238. The Labute approximate surface area is 81.5 Å². The Morgan fingerprint density at radius 3 is 2.25 bits per heavy atom. The highest BCUT2D eigenvalue weighted by molar-refractivity contribution is 9.10. The normalized spacial score (nSPS) is 8.67. The van der Waals surface area contributed by atoms with Crippen molar-refractivity contribution in [1.82, 2.24) is 0 Å². The van der Waals surface area contributed by atoms with Crippen LogP contribution in [0.3, 0.4) is 0 Å². The molecule has 3 heteroatoms. The zero-order valence-corrected chi connectivity index (χ0v) is 9.14. The first-order valence-corrected chi connectivity index (χ1v) is 4.65. The SMILES string of the molecule is CC.Cc1c(N)cc(Br)cc1O. The van der Waals surface area contributed by atoms with Gasteiger partial charge in [-0.15, -0.1) is 0 Å². The van der Waals surface area contributed by atoms with Gasteiger partial charge in [-0.3, -0.25) is 0 Å². The van der Waals surface area contributed by atoms with Crippen LogP contribution in [-0.2, 0) is 0 Å². The van der Waals surface area contributed by atoms with Gasteiger partial charge >= 0.3 is 0 Å². The number of hydrogen-bond donors (Lipinski definition) is 2. The molecule has 1 aromatic rings. The fourth-order valence-corrected chi connectivity index (χ4v) is 1.15. The van der Waals surface area contributed by atoms with Crippen LogP contribution in [-0.4, -0.2) is 5.11 Å². The lowest BCUT2D eigenvalue weighted by Gasteiger charge is -2.02. The minimum Gasteiger partial charge on any atom is -0.508 e. The van der Waals surface area contributed by atoms with Gasteiger partial charge in [0.1, 0.15) is 5.75 Å². The number of halogens is 1.